The van der Waals surface area contributed by atoms with Crippen molar-refractivity contribution in [3.63, 3.8) is 0 Å². The summed E-state index contributed by atoms with van der Waals surface area (Å²) in [5.41, 5.74) is 0. The number of ether oxygens (including phenoxy) is 1. The van der Waals surface area contributed by atoms with Gasteiger partial charge in [-0.3, -0.25) is 0 Å². The quantitative estimate of drug-likeness (QED) is 0.771. The maximum absolute atomic E-state index is 13.2. The molecule has 0 bridgehead atoms. The van der Waals surface area contributed by atoms with Gasteiger partial charge in [-0.15, -0.1) is 11.3 Å². The molecule has 0 aliphatic carbocycles. The highest BCUT2D eigenvalue weighted by Crippen LogP contribution is 2.32. The van der Waals surface area contributed by atoms with Gasteiger partial charge in [-0.1, -0.05) is 13.0 Å². The second kappa shape index (κ2) is 6.98. The monoisotopic (exact) mass is 281 g/mol. The molecule has 0 fully saturated rings. The number of benzene rings is 1. The third-order valence-electron chi connectivity index (χ3n) is 3.14. The van der Waals surface area contributed by atoms with Crippen LogP contribution in [0, 0.1) is 5.82 Å². The second-order valence-electron chi connectivity index (χ2n) is 4.58. The molecule has 2 rings (SSSR count). The van der Waals surface area contributed by atoms with Gasteiger partial charge in [0.1, 0.15) is 5.82 Å². The molecule has 0 saturated carbocycles. The summed E-state index contributed by atoms with van der Waals surface area (Å²) in [6, 6.07) is 7.48. The lowest BCUT2D eigenvalue weighted by atomic mass is 10.1. The van der Waals surface area contributed by atoms with E-state index in [1.165, 1.54) is 10.9 Å². The molecular formula is C15H20FNOS. The lowest BCUT2D eigenvalue weighted by Gasteiger charge is -2.15. The van der Waals surface area contributed by atoms with Crippen molar-refractivity contribution in [1.82, 2.24) is 5.32 Å². The maximum Gasteiger partial charge on any atom is 0.124 e. The van der Waals surface area contributed by atoms with Crippen molar-refractivity contribution in [3.8, 4) is 0 Å². The first-order valence-corrected chi connectivity index (χ1v) is 7.47. The fourth-order valence-corrected chi connectivity index (χ4v) is 3.42. The molecule has 104 valence electrons. The predicted molar refractivity (Wildman–Crippen MR) is 79.3 cm³/mol. The van der Waals surface area contributed by atoms with Gasteiger partial charge < -0.3 is 10.1 Å². The lowest BCUT2D eigenvalue weighted by Crippen LogP contribution is -2.20. The SMILES string of the molecule is CCNC(CCCOC)c1cc2ccc(F)cc2s1. The molecule has 1 unspecified atom stereocenters. The Labute approximate surface area is 117 Å². The summed E-state index contributed by atoms with van der Waals surface area (Å²) in [5.74, 6) is -0.166. The molecular weight excluding hydrogens is 261 g/mol. The largest absolute Gasteiger partial charge is 0.385 e. The number of hydrogen-bond donors (Lipinski definition) is 1. The molecule has 0 aliphatic heterocycles. The summed E-state index contributed by atoms with van der Waals surface area (Å²) >= 11 is 1.67. The van der Waals surface area contributed by atoms with E-state index in [0.29, 0.717) is 6.04 Å². The standard InChI is InChI=1S/C15H20FNOS/c1-3-17-13(5-4-8-18-2)15-9-11-6-7-12(16)10-14(11)19-15/h6-7,9-10,13,17H,3-5,8H2,1-2H3. The van der Waals surface area contributed by atoms with Crippen molar-refractivity contribution >= 4 is 21.4 Å². The number of hydrogen-bond acceptors (Lipinski definition) is 3. The molecule has 2 nitrogen and oxygen atoms in total. The van der Waals surface area contributed by atoms with Gasteiger partial charge in [-0.05, 0) is 43.0 Å². The predicted octanol–water partition coefficient (Wildman–Crippen LogP) is 4.12. The summed E-state index contributed by atoms with van der Waals surface area (Å²) in [5, 5.41) is 4.62. The molecule has 4 heteroatoms. The Morgan fingerprint density at radius 3 is 2.95 bits per heavy atom. The van der Waals surface area contributed by atoms with Gasteiger partial charge in [0.15, 0.2) is 0 Å². The average Bonchev–Trinajstić information content (AvgIpc) is 2.80. The minimum absolute atomic E-state index is 0.166. The van der Waals surface area contributed by atoms with Crippen molar-refractivity contribution in [1.29, 1.82) is 0 Å². The zero-order chi connectivity index (χ0) is 13.7. The average molecular weight is 281 g/mol. The molecule has 0 spiro atoms. The van der Waals surface area contributed by atoms with Crippen LogP contribution in [0.2, 0.25) is 0 Å². The van der Waals surface area contributed by atoms with E-state index in [1.807, 2.05) is 6.07 Å². The van der Waals surface area contributed by atoms with Crippen molar-refractivity contribution < 1.29 is 9.13 Å². The topological polar surface area (TPSA) is 21.3 Å². The van der Waals surface area contributed by atoms with E-state index in [0.717, 1.165) is 36.1 Å². The zero-order valence-electron chi connectivity index (χ0n) is 11.4. The van der Waals surface area contributed by atoms with Crippen LogP contribution in [-0.2, 0) is 4.74 Å². The summed E-state index contributed by atoms with van der Waals surface area (Å²) < 4.78 is 19.3. The molecule has 1 aromatic carbocycles. The van der Waals surface area contributed by atoms with E-state index in [-0.39, 0.29) is 5.82 Å². The van der Waals surface area contributed by atoms with Crippen LogP contribution >= 0.6 is 11.3 Å². The Morgan fingerprint density at radius 1 is 1.37 bits per heavy atom. The molecule has 0 aliphatic rings. The molecule has 19 heavy (non-hydrogen) atoms. The maximum atomic E-state index is 13.2. The second-order valence-corrected chi connectivity index (χ2v) is 5.69. The molecule has 0 saturated heterocycles. The summed E-state index contributed by atoms with van der Waals surface area (Å²) in [6.45, 7) is 3.82. The van der Waals surface area contributed by atoms with Crippen LogP contribution in [0.5, 0.6) is 0 Å². The van der Waals surface area contributed by atoms with Crippen molar-refractivity contribution in [2.24, 2.45) is 0 Å². The minimum Gasteiger partial charge on any atom is -0.385 e. The van der Waals surface area contributed by atoms with E-state index >= 15 is 0 Å². The molecule has 1 atom stereocenters. The van der Waals surface area contributed by atoms with Gasteiger partial charge in [-0.25, -0.2) is 4.39 Å². The Morgan fingerprint density at radius 2 is 2.21 bits per heavy atom. The Kier molecular flexibility index (Phi) is 5.31. The van der Waals surface area contributed by atoms with E-state index < -0.39 is 0 Å². The molecule has 2 aromatic rings. The smallest absolute Gasteiger partial charge is 0.124 e. The van der Waals surface area contributed by atoms with Gasteiger partial charge in [-0.2, -0.15) is 0 Å². The third kappa shape index (κ3) is 3.75. The van der Waals surface area contributed by atoms with Crippen LogP contribution in [0.4, 0.5) is 4.39 Å². The van der Waals surface area contributed by atoms with Crippen molar-refractivity contribution in [3.05, 3.63) is 35.0 Å². The first kappa shape index (κ1) is 14.4. The Hall–Kier alpha value is -0.970. The molecule has 1 heterocycles. The van der Waals surface area contributed by atoms with Crippen molar-refractivity contribution in [2.75, 3.05) is 20.3 Å². The van der Waals surface area contributed by atoms with Crippen LogP contribution in [-0.4, -0.2) is 20.3 Å². The number of halogens is 1. The first-order chi connectivity index (χ1) is 9.24. The normalized spacial score (nSPS) is 13.0. The van der Waals surface area contributed by atoms with E-state index in [9.17, 15) is 4.39 Å². The zero-order valence-corrected chi connectivity index (χ0v) is 12.2. The third-order valence-corrected chi connectivity index (χ3v) is 4.35. The van der Waals surface area contributed by atoms with Gasteiger partial charge in [0.25, 0.3) is 0 Å². The van der Waals surface area contributed by atoms with Gasteiger partial charge in [0.05, 0.1) is 0 Å². The van der Waals surface area contributed by atoms with Crippen LogP contribution in [0.15, 0.2) is 24.3 Å². The van der Waals surface area contributed by atoms with Crippen molar-refractivity contribution in [2.45, 2.75) is 25.8 Å². The number of rotatable bonds is 7. The Balaban J connectivity index is 2.17. The number of thiophene rings is 1. The highest BCUT2D eigenvalue weighted by Gasteiger charge is 2.13. The van der Waals surface area contributed by atoms with Crippen LogP contribution in [0.3, 0.4) is 0 Å². The Bertz CT molecular complexity index is 526. The first-order valence-electron chi connectivity index (χ1n) is 6.66. The number of fused-ring (bicyclic) bond motifs is 1. The van der Waals surface area contributed by atoms with Crippen LogP contribution < -0.4 is 5.32 Å². The summed E-state index contributed by atoms with van der Waals surface area (Å²) in [4.78, 5) is 1.28. The molecule has 0 radical (unpaired) electrons. The van der Waals surface area contributed by atoms with Crippen LogP contribution in [0.1, 0.15) is 30.7 Å². The van der Waals surface area contributed by atoms with Crippen LogP contribution in [0.25, 0.3) is 10.1 Å². The lowest BCUT2D eigenvalue weighted by molar-refractivity contribution is 0.189. The number of methoxy groups -OCH3 is 1. The van der Waals surface area contributed by atoms with Gasteiger partial charge in [0, 0.05) is 29.3 Å². The van der Waals surface area contributed by atoms with Gasteiger partial charge >= 0.3 is 0 Å². The van der Waals surface area contributed by atoms with E-state index in [4.69, 9.17) is 4.74 Å². The van der Waals surface area contributed by atoms with E-state index in [2.05, 4.69) is 18.3 Å². The highest BCUT2D eigenvalue weighted by molar-refractivity contribution is 7.19. The molecule has 0 amide bonds. The molecule has 1 aromatic heterocycles. The summed E-state index contributed by atoms with van der Waals surface area (Å²) in [6.07, 6.45) is 2.06. The van der Waals surface area contributed by atoms with Gasteiger partial charge in [0.2, 0.25) is 0 Å². The summed E-state index contributed by atoms with van der Waals surface area (Å²) in [7, 11) is 1.73. The fraction of sp³-hybridized carbons (Fsp3) is 0.467. The fourth-order valence-electron chi connectivity index (χ4n) is 2.22. The number of nitrogens with one attached hydrogen (secondary N) is 1. The molecule has 1 N–H and O–H groups in total. The highest BCUT2D eigenvalue weighted by atomic mass is 32.1. The van der Waals surface area contributed by atoms with E-state index in [1.54, 1.807) is 24.5 Å². The minimum atomic E-state index is -0.166.